The number of carbonyl (C=O) groups excluding carboxylic acids is 1. The summed E-state index contributed by atoms with van der Waals surface area (Å²) in [5, 5.41) is 8.50. The minimum absolute atomic E-state index is 0.0912. The summed E-state index contributed by atoms with van der Waals surface area (Å²) in [7, 11) is 0.435. The molecule has 0 aliphatic rings. The highest BCUT2D eigenvalue weighted by molar-refractivity contribution is 7.95. The van der Waals surface area contributed by atoms with Crippen molar-refractivity contribution in [2.45, 2.75) is 13.3 Å². The molecule has 2 aromatic heterocycles. The Morgan fingerprint density at radius 1 is 1.30 bits per heavy atom. The van der Waals surface area contributed by atoms with Gasteiger partial charge in [0.2, 0.25) is 0 Å². The zero-order valence-corrected chi connectivity index (χ0v) is 14.3. The SMILES string of the molecule is Cc1nc(-c2nc(C(=O)NCCC[S+](C)C)cs2)cs1. The van der Waals surface area contributed by atoms with Crippen LogP contribution in [0.1, 0.15) is 21.9 Å². The molecule has 0 saturated carbocycles. The van der Waals surface area contributed by atoms with E-state index < -0.39 is 0 Å². The lowest BCUT2D eigenvalue weighted by Crippen LogP contribution is -2.26. The van der Waals surface area contributed by atoms with E-state index in [1.165, 1.54) is 11.3 Å². The normalized spacial score (nSPS) is 11.0. The lowest BCUT2D eigenvalue weighted by Gasteiger charge is -2.01. The fourth-order valence-corrected chi connectivity index (χ4v) is 3.76. The molecular weight excluding hydrogens is 310 g/mol. The summed E-state index contributed by atoms with van der Waals surface area (Å²) in [6.07, 6.45) is 5.44. The first-order valence-corrected chi connectivity index (χ1v) is 10.2. The molecule has 0 fully saturated rings. The molecule has 0 aliphatic heterocycles. The van der Waals surface area contributed by atoms with Gasteiger partial charge in [-0.2, -0.15) is 0 Å². The third-order valence-electron chi connectivity index (χ3n) is 2.59. The van der Waals surface area contributed by atoms with E-state index in [4.69, 9.17) is 0 Å². The molecule has 2 rings (SSSR count). The molecule has 0 atom stereocenters. The van der Waals surface area contributed by atoms with Gasteiger partial charge in [-0.15, -0.1) is 22.7 Å². The number of rotatable bonds is 6. The van der Waals surface area contributed by atoms with Crippen LogP contribution in [0.4, 0.5) is 0 Å². The van der Waals surface area contributed by atoms with Crippen LogP contribution >= 0.6 is 22.7 Å². The molecule has 0 saturated heterocycles. The number of hydrogen-bond acceptors (Lipinski definition) is 5. The molecule has 0 bridgehead atoms. The van der Waals surface area contributed by atoms with Crippen LogP contribution in [0, 0.1) is 6.92 Å². The lowest BCUT2D eigenvalue weighted by atomic mass is 10.4. The Hall–Kier alpha value is -0.920. The summed E-state index contributed by atoms with van der Waals surface area (Å²) in [4.78, 5) is 20.7. The number of thiazole rings is 2. The quantitative estimate of drug-likeness (QED) is 0.655. The number of hydrogen-bond donors (Lipinski definition) is 1. The van der Waals surface area contributed by atoms with Gasteiger partial charge < -0.3 is 5.32 Å². The highest BCUT2D eigenvalue weighted by Gasteiger charge is 2.13. The molecule has 2 aromatic rings. The average molecular weight is 329 g/mol. The van der Waals surface area contributed by atoms with Crippen molar-refractivity contribution in [3.05, 3.63) is 21.5 Å². The first-order valence-electron chi connectivity index (χ1n) is 6.26. The Bertz CT molecular complexity index is 577. The number of aromatic nitrogens is 2. The van der Waals surface area contributed by atoms with E-state index in [9.17, 15) is 4.79 Å². The molecule has 108 valence electrons. The molecule has 4 nitrogen and oxygen atoms in total. The Labute approximate surface area is 130 Å². The maximum absolute atomic E-state index is 12.0. The molecule has 20 heavy (non-hydrogen) atoms. The van der Waals surface area contributed by atoms with E-state index >= 15 is 0 Å². The maximum atomic E-state index is 12.0. The van der Waals surface area contributed by atoms with E-state index in [0.29, 0.717) is 23.1 Å². The van der Waals surface area contributed by atoms with E-state index in [1.54, 1.807) is 16.7 Å². The summed E-state index contributed by atoms with van der Waals surface area (Å²) in [6.45, 7) is 2.68. The molecule has 0 spiro atoms. The van der Waals surface area contributed by atoms with Crippen molar-refractivity contribution < 1.29 is 4.79 Å². The fourth-order valence-electron chi connectivity index (χ4n) is 1.61. The standard InChI is InChI=1S/C13H17N3OS3/c1-9-15-11(8-18-9)13-16-10(7-19-13)12(17)14-5-4-6-20(2)3/h7-8H,4-6H2,1-3H3/p+1. The lowest BCUT2D eigenvalue weighted by molar-refractivity contribution is 0.0949. The van der Waals surface area contributed by atoms with Crippen LogP contribution in [0.2, 0.25) is 0 Å². The third-order valence-corrected chi connectivity index (χ3v) is 5.33. The first kappa shape index (κ1) is 15.5. The van der Waals surface area contributed by atoms with E-state index in [0.717, 1.165) is 27.9 Å². The Balaban J connectivity index is 1.90. The molecular formula is C13H18N3OS3+. The zero-order valence-electron chi connectivity index (χ0n) is 11.8. The second kappa shape index (κ2) is 7.19. The molecule has 0 aromatic carbocycles. The topological polar surface area (TPSA) is 54.9 Å². The number of nitrogens with zero attached hydrogens (tertiary/aromatic N) is 2. The van der Waals surface area contributed by atoms with Crippen LogP contribution in [-0.4, -0.2) is 40.7 Å². The van der Waals surface area contributed by atoms with E-state index in [-0.39, 0.29) is 5.91 Å². The summed E-state index contributed by atoms with van der Waals surface area (Å²) in [5.74, 6) is 1.06. The minimum Gasteiger partial charge on any atom is -0.350 e. The molecule has 2 heterocycles. The summed E-state index contributed by atoms with van der Waals surface area (Å²) >= 11 is 3.05. The van der Waals surface area contributed by atoms with Crippen molar-refractivity contribution in [1.82, 2.24) is 15.3 Å². The van der Waals surface area contributed by atoms with Crippen LogP contribution in [0.3, 0.4) is 0 Å². The molecule has 1 amide bonds. The fraction of sp³-hybridized carbons (Fsp3) is 0.462. The van der Waals surface area contributed by atoms with Gasteiger partial charge in [0.15, 0.2) is 0 Å². The van der Waals surface area contributed by atoms with Crippen molar-refractivity contribution in [3.63, 3.8) is 0 Å². The highest BCUT2D eigenvalue weighted by Crippen LogP contribution is 2.24. The number of amides is 1. The molecule has 0 aliphatic carbocycles. The van der Waals surface area contributed by atoms with Gasteiger partial charge in [-0.1, -0.05) is 0 Å². The number of nitrogens with one attached hydrogen (secondary N) is 1. The van der Waals surface area contributed by atoms with Gasteiger partial charge in [-0.05, 0) is 17.8 Å². The molecule has 0 unspecified atom stereocenters. The van der Waals surface area contributed by atoms with Gasteiger partial charge in [0.05, 0.1) is 17.5 Å². The molecule has 0 radical (unpaired) electrons. The summed E-state index contributed by atoms with van der Waals surface area (Å²) in [6, 6.07) is 0. The van der Waals surface area contributed by atoms with Crippen LogP contribution < -0.4 is 5.32 Å². The zero-order chi connectivity index (χ0) is 14.5. The van der Waals surface area contributed by atoms with Crippen LogP contribution in [0.15, 0.2) is 10.8 Å². The van der Waals surface area contributed by atoms with Gasteiger partial charge in [0.1, 0.15) is 22.1 Å². The van der Waals surface area contributed by atoms with Crippen LogP contribution in [-0.2, 0) is 10.9 Å². The Morgan fingerprint density at radius 2 is 2.10 bits per heavy atom. The summed E-state index contributed by atoms with van der Waals surface area (Å²) < 4.78 is 0. The van der Waals surface area contributed by atoms with Gasteiger partial charge in [0, 0.05) is 23.7 Å². The van der Waals surface area contributed by atoms with E-state index in [1.807, 2.05) is 12.3 Å². The van der Waals surface area contributed by atoms with Crippen molar-refractivity contribution in [2.24, 2.45) is 0 Å². The van der Waals surface area contributed by atoms with Crippen molar-refractivity contribution in [1.29, 1.82) is 0 Å². The smallest absolute Gasteiger partial charge is 0.270 e. The number of carbonyl (C=O) groups is 1. The first-order chi connectivity index (χ1) is 9.56. The predicted octanol–water partition coefficient (Wildman–Crippen LogP) is 2.57. The number of aryl methyl sites for hydroxylation is 1. The van der Waals surface area contributed by atoms with Crippen molar-refractivity contribution in [3.8, 4) is 10.7 Å². The monoisotopic (exact) mass is 328 g/mol. The van der Waals surface area contributed by atoms with Gasteiger partial charge in [0.25, 0.3) is 5.91 Å². The average Bonchev–Trinajstić information content (AvgIpc) is 3.02. The second-order valence-corrected chi connectivity index (χ2v) is 8.89. The third kappa shape index (κ3) is 4.29. The minimum atomic E-state index is -0.0912. The molecule has 1 N–H and O–H groups in total. The van der Waals surface area contributed by atoms with Crippen LogP contribution in [0.5, 0.6) is 0 Å². The van der Waals surface area contributed by atoms with Crippen LogP contribution in [0.25, 0.3) is 10.7 Å². The Morgan fingerprint density at radius 3 is 2.75 bits per heavy atom. The molecule has 7 heteroatoms. The van der Waals surface area contributed by atoms with E-state index in [2.05, 4.69) is 27.8 Å². The highest BCUT2D eigenvalue weighted by atomic mass is 32.2. The predicted molar refractivity (Wildman–Crippen MR) is 89.0 cm³/mol. The largest absolute Gasteiger partial charge is 0.350 e. The van der Waals surface area contributed by atoms with Crippen molar-refractivity contribution in [2.75, 3.05) is 24.8 Å². The van der Waals surface area contributed by atoms with Crippen molar-refractivity contribution >= 4 is 39.5 Å². The Kier molecular flexibility index (Phi) is 5.56. The second-order valence-electron chi connectivity index (χ2n) is 4.59. The van der Waals surface area contributed by atoms with Gasteiger partial charge in [-0.25, -0.2) is 9.97 Å². The van der Waals surface area contributed by atoms with Gasteiger partial charge >= 0.3 is 0 Å². The summed E-state index contributed by atoms with van der Waals surface area (Å²) in [5.41, 5.74) is 1.35. The van der Waals surface area contributed by atoms with Gasteiger partial charge in [-0.3, -0.25) is 4.79 Å². The maximum Gasteiger partial charge on any atom is 0.270 e.